The Labute approximate surface area is 189 Å². The summed E-state index contributed by atoms with van der Waals surface area (Å²) in [4.78, 5) is 24.9. The number of hydrogen-bond donors (Lipinski definition) is 1. The summed E-state index contributed by atoms with van der Waals surface area (Å²) in [7, 11) is 1.44. The quantitative estimate of drug-likeness (QED) is 0.236. The lowest BCUT2D eigenvalue weighted by molar-refractivity contribution is 0.0730. The molecule has 0 radical (unpaired) electrons. The zero-order valence-electron chi connectivity index (χ0n) is 16.7. The van der Waals surface area contributed by atoms with E-state index >= 15 is 0 Å². The number of halogens is 2. The summed E-state index contributed by atoms with van der Waals surface area (Å²) in [5.41, 5.74) is 4.50. The van der Waals surface area contributed by atoms with Gasteiger partial charge in [-0.3, -0.25) is 4.79 Å². The number of ether oxygens (including phenoxy) is 2. The predicted molar refractivity (Wildman–Crippen MR) is 121 cm³/mol. The van der Waals surface area contributed by atoms with Crippen LogP contribution in [-0.2, 0) is 0 Å². The van der Waals surface area contributed by atoms with Crippen LogP contribution in [0.2, 0.25) is 10.0 Å². The number of carbonyl (C=O) groups excluding carboxylic acids is 2. The average Bonchev–Trinajstić information content (AvgIpc) is 2.75. The van der Waals surface area contributed by atoms with Crippen molar-refractivity contribution in [3.8, 4) is 11.5 Å². The molecular formula is C23H18Cl2N2O4. The number of carbonyl (C=O) groups is 2. The number of hydrogen-bond acceptors (Lipinski definition) is 5. The van der Waals surface area contributed by atoms with Crippen molar-refractivity contribution in [2.24, 2.45) is 5.10 Å². The first-order valence-electron chi connectivity index (χ1n) is 9.12. The maximum Gasteiger partial charge on any atom is 0.347 e. The smallest absolute Gasteiger partial charge is 0.347 e. The molecule has 8 heteroatoms. The van der Waals surface area contributed by atoms with Crippen LogP contribution in [0.25, 0.3) is 0 Å². The molecule has 0 saturated carbocycles. The van der Waals surface area contributed by atoms with Crippen molar-refractivity contribution in [1.82, 2.24) is 5.43 Å². The Morgan fingerprint density at radius 1 is 0.935 bits per heavy atom. The molecule has 6 nitrogen and oxygen atoms in total. The van der Waals surface area contributed by atoms with Gasteiger partial charge in [0.25, 0.3) is 5.91 Å². The highest BCUT2D eigenvalue weighted by molar-refractivity contribution is 6.31. The van der Waals surface area contributed by atoms with E-state index < -0.39 is 5.97 Å². The van der Waals surface area contributed by atoms with Crippen molar-refractivity contribution in [2.45, 2.75) is 6.92 Å². The standard InChI is InChI=1S/C23H18Cl2N2O4/c1-14-3-5-15(6-4-14)22(28)27-26-13-16-11-17(24)7-9-20(16)31-23(29)19-12-18(25)8-10-21(19)30-2/h3-13H,1-2H3,(H,27,28)/b26-13+. The van der Waals surface area contributed by atoms with Gasteiger partial charge in [-0.1, -0.05) is 40.9 Å². The zero-order chi connectivity index (χ0) is 22.4. The molecule has 0 aliphatic heterocycles. The SMILES string of the molecule is COc1ccc(Cl)cc1C(=O)Oc1ccc(Cl)cc1/C=N/NC(=O)c1ccc(C)cc1. The minimum atomic E-state index is -0.667. The van der Waals surface area contributed by atoms with Gasteiger partial charge in [0.05, 0.1) is 13.3 Å². The summed E-state index contributed by atoms with van der Waals surface area (Å²) in [6.07, 6.45) is 1.34. The first-order valence-corrected chi connectivity index (χ1v) is 9.88. The van der Waals surface area contributed by atoms with E-state index in [4.69, 9.17) is 32.7 Å². The van der Waals surface area contributed by atoms with E-state index in [1.807, 2.05) is 19.1 Å². The molecule has 1 N–H and O–H groups in total. The van der Waals surface area contributed by atoms with Crippen LogP contribution < -0.4 is 14.9 Å². The molecule has 0 atom stereocenters. The second kappa shape index (κ2) is 10.1. The summed E-state index contributed by atoms with van der Waals surface area (Å²) >= 11 is 12.1. The molecule has 0 fully saturated rings. The average molecular weight is 457 g/mol. The number of esters is 1. The zero-order valence-corrected chi connectivity index (χ0v) is 18.2. The van der Waals surface area contributed by atoms with Crippen LogP contribution >= 0.6 is 23.2 Å². The van der Waals surface area contributed by atoms with Crippen LogP contribution in [-0.4, -0.2) is 25.2 Å². The summed E-state index contributed by atoms with van der Waals surface area (Å²) in [5, 5.41) is 4.72. The highest BCUT2D eigenvalue weighted by atomic mass is 35.5. The molecule has 1 amide bonds. The summed E-state index contributed by atoms with van der Waals surface area (Å²) < 4.78 is 10.7. The second-order valence-corrected chi connectivity index (χ2v) is 7.35. The van der Waals surface area contributed by atoms with Crippen molar-refractivity contribution >= 4 is 41.3 Å². The fraction of sp³-hybridized carbons (Fsp3) is 0.0870. The molecule has 3 aromatic carbocycles. The summed E-state index contributed by atoms with van der Waals surface area (Å²) in [5.74, 6) is -0.519. The highest BCUT2D eigenvalue weighted by Gasteiger charge is 2.17. The third-order valence-corrected chi connectivity index (χ3v) is 4.71. The second-order valence-electron chi connectivity index (χ2n) is 6.48. The first-order chi connectivity index (χ1) is 14.9. The Bertz CT molecular complexity index is 1140. The van der Waals surface area contributed by atoms with Gasteiger partial charge in [-0.05, 0) is 55.5 Å². The van der Waals surface area contributed by atoms with E-state index in [0.29, 0.717) is 26.9 Å². The molecular weight excluding hydrogens is 439 g/mol. The van der Waals surface area contributed by atoms with Gasteiger partial charge in [0.15, 0.2) is 0 Å². The third-order valence-electron chi connectivity index (χ3n) is 4.24. The number of nitrogens with zero attached hydrogens (tertiary/aromatic N) is 1. The molecule has 0 saturated heterocycles. The fourth-order valence-electron chi connectivity index (χ4n) is 2.64. The number of amides is 1. The van der Waals surface area contributed by atoms with Crippen molar-refractivity contribution in [3.05, 3.63) is 93.0 Å². The molecule has 31 heavy (non-hydrogen) atoms. The predicted octanol–water partition coefficient (Wildman–Crippen LogP) is 5.29. The molecule has 158 valence electrons. The van der Waals surface area contributed by atoms with Crippen molar-refractivity contribution in [2.75, 3.05) is 7.11 Å². The van der Waals surface area contributed by atoms with E-state index in [0.717, 1.165) is 5.56 Å². The van der Waals surface area contributed by atoms with Crippen LogP contribution in [0.3, 0.4) is 0 Å². The molecule has 0 aliphatic rings. The molecule has 0 aliphatic carbocycles. The lowest BCUT2D eigenvalue weighted by atomic mass is 10.1. The van der Waals surface area contributed by atoms with Gasteiger partial charge in [-0.25, -0.2) is 10.2 Å². The number of methoxy groups -OCH3 is 1. The van der Waals surface area contributed by atoms with Crippen LogP contribution in [0.4, 0.5) is 0 Å². The van der Waals surface area contributed by atoms with Gasteiger partial charge in [-0.2, -0.15) is 5.10 Å². The minimum Gasteiger partial charge on any atom is -0.496 e. The number of aryl methyl sites for hydroxylation is 1. The lowest BCUT2D eigenvalue weighted by Crippen LogP contribution is -2.17. The normalized spacial score (nSPS) is 10.7. The maximum atomic E-state index is 12.7. The van der Waals surface area contributed by atoms with E-state index in [-0.39, 0.29) is 17.2 Å². The Hall–Kier alpha value is -3.35. The topological polar surface area (TPSA) is 77.0 Å². The number of rotatable bonds is 6. The van der Waals surface area contributed by atoms with Crippen LogP contribution in [0.1, 0.15) is 31.8 Å². The van der Waals surface area contributed by atoms with E-state index in [1.165, 1.54) is 25.5 Å². The largest absolute Gasteiger partial charge is 0.496 e. The van der Waals surface area contributed by atoms with E-state index in [1.54, 1.807) is 36.4 Å². The lowest BCUT2D eigenvalue weighted by Gasteiger charge is -2.11. The monoisotopic (exact) mass is 456 g/mol. The van der Waals surface area contributed by atoms with Crippen molar-refractivity contribution in [1.29, 1.82) is 0 Å². The Kier molecular flexibility index (Phi) is 7.28. The minimum absolute atomic E-state index is 0.167. The first kappa shape index (κ1) is 22.3. The van der Waals surface area contributed by atoms with Crippen molar-refractivity contribution in [3.63, 3.8) is 0 Å². The molecule has 0 unspecified atom stereocenters. The summed E-state index contributed by atoms with van der Waals surface area (Å²) in [6.45, 7) is 1.93. The molecule has 0 bridgehead atoms. The molecule has 3 aromatic rings. The fourth-order valence-corrected chi connectivity index (χ4v) is 2.99. The van der Waals surface area contributed by atoms with E-state index in [2.05, 4.69) is 10.5 Å². The van der Waals surface area contributed by atoms with E-state index in [9.17, 15) is 9.59 Å². The van der Waals surface area contributed by atoms with Gasteiger partial charge >= 0.3 is 5.97 Å². The molecule has 0 heterocycles. The van der Waals surface area contributed by atoms with Crippen LogP contribution in [0.5, 0.6) is 11.5 Å². The Morgan fingerprint density at radius 3 is 2.26 bits per heavy atom. The third kappa shape index (κ3) is 5.84. The maximum absolute atomic E-state index is 12.7. The van der Waals surface area contributed by atoms with Gasteiger partial charge in [-0.15, -0.1) is 0 Å². The van der Waals surface area contributed by atoms with Gasteiger partial charge < -0.3 is 9.47 Å². The Balaban J connectivity index is 1.78. The van der Waals surface area contributed by atoms with Gasteiger partial charge in [0, 0.05) is 21.2 Å². The molecule has 0 aromatic heterocycles. The van der Waals surface area contributed by atoms with Crippen LogP contribution in [0, 0.1) is 6.92 Å². The number of benzene rings is 3. The molecule has 3 rings (SSSR count). The number of nitrogens with one attached hydrogen (secondary N) is 1. The Morgan fingerprint density at radius 2 is 1.58 bits per heavy atom. The highest BCUT2D eigenvalue weighted by Crippen LogP contribution is 2.26. The van der Waals surface area contributed by atoms with Gasteiger partial charge in [0.1, 0.15) is 17.1 Å². The molecule has 0 spiro atoms. The number of hydrazone groups is 1. The van der Waals surface area contributed by atoms with Gasteiger partial charge in [0.2, 0.25) is 0 Å². The van der Waals surface area contributed by atoms with Crippen LogP contribution in [0.15, 0.2) is 65.8 Å². The van der Waals surface area contributed by atoms with Crippen molar-refractivity contribution < 1.29 is 19.1 Å². The summed E-state index contributed by atoms with van der Waals surface area (Å²) in [6, 6.07) is 16.3.